The molecule has 1 aliphatic carbocycles. The Bertz CT molecular complexity index is 661. The second-order valence-corrected chi connectivity index (χ2v) is 8.00. The smallest absolute Gasteiger partial charge is 0.226 e. The number of nitrogens with zero attached hydrogens (tertiary/aromatic N) is 1. The Morgan fingerprint density at radius 1 is 1.04 bits per heavy atom. The van der Waals surface area contributed by atoms with Gasteiger partial charge in [0.1, 0.15) is 0 Å². The predicted molar refractivity (Wildman–Crippen MR) is 102 cm³/mol. The second kappa shape index (κ2) is 7.78. The number of rotatable bonds is 3. The Labute approximate surface area is 155 Å². The van der Waals surface area contributed by atoms with Gasteiger partial charge in [-0.1, -0.05) is 37.5 Å². The molecule has 140 valence electrons. The van der Waals surface area contributed by atoms with Gasteiger partial charge in [-0.2, -0.15) is 0 Å². The van der Waals surface area contributed by atoms with E-state index in [1.165, 1.54) is 32.1 Å². The molecule has 1 saturated heterocycles. The molecule has 2 heterocycles. The number of benzene rings is 1. The lowest BCUT2D eigenvalue weighted by molar-refractivity contribution is -0.127. The molecular formula is C21H29N3O2. The third kappa shape index (κ3) is 3.78. The van der Waals surface area contributed by atoms with Crippen LogP contribution < -0.4 is 10.6 Å². The molecule has 2 N–H and O–H groups in total. The van der Waals surface area contributed by atoms with Gasteiger partial charge >= 0.3 is 0 Å². The van der Waals surface area contributed by atoms with Crippen molar-refractivity contribution in [3.63, 3.8) is 0 Å². The van der Waals surface area contributed by atoms with Gasteiger partial charge in [-0.25, -0.2) is 0 Å². The molecule has 3 aliphatic rings. The maximum Gasteiger partial charge on any atom is 0.226 e. The van der Waals surface area contributed by atoms with Crippen molar-refractivity contribution in [3.05, 3.63) is 29.8 Å². The number of hydrogen-bond acceptors (Lipinski definition) is 3. The van der Waals surface area contributed by atoms with E-state index >= 15 is 0 Å². The Morgan fingerprint density at radius 3 is 2.54 bits per heavy atom. The van der Waals surface area contributed by atoms with Crippen molar-refractivity contribution in [2.75, 3.05) is 18.4 Å². The molecule has 2 fully saturated rings. The van der Waals surface area contributed by atoms with Gasteiger partial charge in [0.25, 0.3) is 0 Å². The fourth-order valence-electron chi connectivity index (χ4n) is 4.80. The summed E-state index contributed by atoms with van der Waals surface area (Å²) in [5.41, 5.74) is 1.83. The lowest BCUT2D eigenvalue weighted by Crippen LogP contribution is -2.46. The second-order valence-electron chi connectivity index (χ2n) is 8.00. The van der Waals surface area contributed by atoms with Crippen molar-refractivity contribution in [2.45, 2.75) is 63.5 Å². The van der Waals surface area contributed by atoms with E-state index < -0.39 is 0 Å². The fraction of sp³-hybridized carbons (Fsp3) is 0.619. The molecule has 1 unspecified atom stereocenters. The minimum Gasteiger partial charge on any atom is -0.348 e. The van der Waals surface area contributed by atoms with E-state index in [0.717, 1.165) is 43.2 Å². The highest BCUT2D eigenvalue weighted by Gasteiger charge is 2.32. The fourth-order valence-corrected chi connectivity index (χ4v) is 4.80. The van der Waals surface area contributed by atoms with Gasteiger partial charge in [-0.05, 0) is 50.4 Å². The molecule has 1 atom stereocenters. The number of hydrogen-bond donors (Lipinski definition) is 2. The lowest BCUT2D eigenvalue weighted by Gasteiger charge is -2.39. The number of piperidine rings is 1. The molecule has 0 aromatic heterocycles. The van der Waals surface area contributed by atoms with E-state index in [9.17, 15) is 9.59 Å². The number of nitrogens with one attached hydrogen (secondary N) is 2. The number of anilines is 1. The Hall–Kier alpha value is -1.88. The zero-order valence-electron chi connectivity index (χ0n) is 15.4. The normalized spacial score (nSPS) is 25.4. The summed E-state index contributed by atoms with van der Waals surface area (Å²) in [4.78, 5) is 27.4. The Kier molecular flexibility index (Phi) is 5.25. The van der Waals surface area contributed by atoms with Gasteiger partial charge < -0.3 is 15.5 Å². The molecule has 2 aliphatic heterocycles. The first-order valence-corrected chi connectivity index (χ1v) is 10.1. The van der Waals surface area contributed by atoms with Crippen molar-refractivity contribution < 1.29 is 9.59 Å². The number of likely N-dealkylation sites (tertiary alicyclic amines) is 1. The molecule has 0 spiro atoms. The molecule has 2 amide bonds. The summed E-state index contributed by atoms with van der Waals surface area (Å²) in [7, 11) is 0. The lowest BCUT2D eigenvalue weighted by atomic mass is 9.89. The molecule has 0 bridgehead atoms. The summed E-state index contributed by atoms with van der Waals surface area (Å²) in [6.07, 6.45) is 8.93. The highest BCUT2D eigenvalue weighted by atomic mass is 16.2. The molecule has 5 nitrogen and oxygen atoms in total. The minimum absolute atomic E-state index is 0.0267. The molecule has 4 rings (SSSR count). The van der Waals surface area contributed by atoms with Crippen LogP contribution in [-0.2, 0) is 9.59 Å². The number of amides is 2. The van der Waals surface area contributed by atoms with Crippen molar-refractivity contribution in [1.29, 1.82) is 0 Å². The molecule has 1 saturated carbocycles. The van der Waals surface area contributed by atoms with E-state index in [1.54, 1.807) is 0 Å². The molecule has 26 heavy (non-hydrogen) atoms. The van der Waals surface area contributed by atoms with Crippen molar-refractivity contribution >= 4 is 17.5 Å². The molecule has 0 radical (unpaired) electrons. The number of carbonyl (C=O) groups is 2. The number of para-hydroxylation sites is 1. The van der Waals surface area contributed by atoms with Crippen LogP contribution >= 0.6 is 0 Å². The van der Waals surface area contributed by atoms with Crippen LogP contribution in [0.15, 0.2) is 24.3 Å². The van der Waals surface area contributed by atoms with Gasteiger partial charge in [-0.3, -0.25) is 9.59 Å². The largest absolute Gasteiger partial charge is 0.348 e. The van der Waals surface area contributed by atoms with Gasteiger partial charge in [0.15, 0.2) is 0 Å². The Balaban J connectivity index is 1.34. The molecular weight excluding hydrogens is 326 g/mol. The van der Waals surface area contributed by atoms with Gasteiger partial charge in [0.2, 0.25) is 11.8 Å². The van der Waals surface area contributed by atoms with E-state index in [1.807, 2.05) is 24.3 Å². The van der Waals surface area contributed by atoms with Gasteiger partial charge in [-0.15, -0.1) is 0 Å². The minimum atomic E-state index is -0.205. The van der Waals surface area contributed by atoms with Crippen LogP contribution in [0.2, 0.25) is 0 Å². The summed E-state index contributed by atoms with van der Waals surface area (Å²) in [6.45, 7) is 2.06. The first-order valence-electron chi connectivity index (χ1n) is 10.1. The van der Waals surface area contributed by atoms with Gasteiger partial charge in [0.05, 0.1) is 12.5 Å². The van der Waals surface area contributed by atoms with Crippen LogP contribution in [0.1, 0.15) is 63.0 Å². The molecule has 5 heteroatoms. The van der Waals surface area contributed by atoms with Crippen LogP contribution in [0.4, 0.5) is 5.69 Å². The number of carbonyl (C=O) groups excluding carboxylic acids is 2. The van der Waals surface area contributed by atoms with E-state index in [0.29, 0.717) is 6.42 Å². The maximum absolute atomic E-state index is 12.8. The topological polar surface area (TPSA) is 61.4 Å². The summed E-state index contributed by atoms with van der Waals surface area (Å²) in [6, 6.07) is 8.28. The predicted octanol–water partition coefficient (Wildman–Crippen LogP) is 3.23. The monoisotopic (exact) mass is 355 g/mol. The van der Waals surface area contributed by atoms with E-state index in [4.69, 9.17) is 0 Å². The average Bonchev–Trinajstić information content (AvgIpc) is 2.68. The zero-order chi connectivity index (χ0) is 17.9. The first kappa shape index (κ1) is 17.5. The third-order valence-electron chi connectivity index (χ3n) is 6.31. The van der Waals surface area contributed by atoms with Crippen molar-refractivity contribution in [1.82, 2.24) is 10.2 Å². The van der Waals surface area contributed by atoms with E-state index in [-0.39, 0.29) is 23.8 Å². The zero-order valence-corrected chi connectivity index (χ0v) is 15.4. The van der Waals surface area contributed by atoms with E-state index in [2.05, 4.69) is 15.5 Å². The van der Waals surface area contributed by atoms with Crippen LogP contribution in [0.5, 0.6) is 0 Å². The van der Waals surface area contributed by atoms with Crippen LogP contribution in [-0.4, -0.2) is 35.8 Å². The summed E-state index contributed by atoms with van der Waals surface area (Å²) in [5.74, 6) is 0.163. The quantitative estimate of drug-likeness (QED) is 0.875. The van der Waals surface area contributed by atoms with Crippen molar-refractivity contribution in [3.8, 4) is 0 Å². The first-order chi connectivity index (χ1) is 12.7. The van der Waals surface area contributed by atoms with Crippen LogP contribution in [0.25, 0.3) is 0 Å². The number of fused-ring (bicyclic) bond motifs is 1. The summed E-state index contributed by atoms with van der Waals surface area (Å²) >= 11 is 0. The highest BCUT2D eigenvalue weighted by Crippen LogP contribution is 2.31. The highest BCUT2D eigenvalue weighted by molar-refractivity contribution is 5.95. The summed E-state index contributed by atoms with van der Waals surface area (Å²) < 4.78 is 0. The molecule has 1 aromatic carbocycles. The van der Waals surface area contributed by atoms with Crippen molar-refractivity contribution in [2.24, 2.45) is 5.92 Å². The average molecular weight is 355 g/mol. The van der Waals surface area contributed by atoms with Gasteiger partial charge in [0, 0.05) is 17.6 Å². The van der Waals surface area contributed by atoms with Crippen LogP contribution in [0.3, 0.4) is 0 Å². The molecule has 1 aromatic rings. The maximum atomic E-state index is 12.8. The SMILES string of the molecule is O=C1CC(NC(=O)C2CCN(C3CCCCC3)CC2)c2ccccc2N1. The third-order valence-corrected chi connectivity index (χ3v) is 6.31. The standard InChI is InChI=1S/C21H29N3O2/c25-20-14-19(17-8-4-5-9-18(17)22-20)23-21(26)15-10-12-24(13-11-15)16-6-2-1-3-7-16/h4-5,8-9,15-16,19H,1-3,6-7,10-14H2,(H,22,25)(H,23,26). The summed E-state index contributed by atoms with van der Waals surface area (Å²) in [5, 5.41) is 6.04. The van der Waals surface area contributed by atoms with Crippen LogP contribution in [0, 0.1) is 5.92 Å². The Morgan fingerprint density at radius 2 is 1.77 bits per heavy atom.